The van der Waals surface area contributed by atoms with E-state index in [4.69, 9.17) is 0 Å². The number of anilines is 1. The molecule has 3 rings (SSSR count). The van der Waals surface area contributed by atoms with Crippen LogP contribution in [0.5, 0.6) is 0 Å². The average Bonchev–Trinajstić information content (AvgIpc) is 2.66. The van der Waals surface area contributed by atoms with Gasteiger partial charge in [-0.05, 0) is 62.1 Å². The number of aryl methyl sites for hydroxylation is 3. The topological polar surface area (TPSA) is 64.0 Å². The van der Waals surface area contributed by atoms with E-state index in [2.05, 4.69) is 10.3 Å². The van der Waals surface area contributed by atoms with Crippen molar-refractivity contribution in [2.24, 2.45) is 0 Å². The molecule has 0 saturated carbocycles. The number of hydrogen-bond donors (Lipinski definition) is 1. The Morgan fingerprint density at radius 1 is 1.10 bits per heavy atom. The van der Waals surface area contributed by atoms with Gasteiger partial charge in [-0.3, -0.25) is 14.2 Å². The van der Waals surface area contributed by atoms with Crippen molar-refractivity contribution >= 4 is 22.6 Å². The minimum absolute atomic E-state index is 0.0205. The van der Waals surface area contributed by atoms with Gasteiger partial charge in [0.25, 0.3) is 5.56 Å². The second kappa shape index (κ2) is 7.93. The molecule has 1 amide bonds. The van der Waals surface area contributed by atoms with Crippen LogP contribution in [-0.2, 0) is 11.0 Å². The first kappa shape index (κ1) is 21.5. The minimum Gasteiger partial charge on any atom is -0.324 e. The van der Waals surface area contributed by atoms with Crippen molar-refractivity contribution in [2.75, 3.05) is 5.32 Å². The Morgan fingerprint density at radius 3 is 2.33 bits per heavy atom. The number of fused-ring (bicyclic) bond motifs is 1. The van der Waals surface area contributed by atoms with Crippen molar-refractivity contribution in [2.45, 2.75) is 46.3 Å². The van der Waals surface area contributed by atoms with Crippen LogP contribution in [0.3, 0.4) is 0 Å². The highest BCUT2D eigenvalue weighted by Crippen LogP contribution is 2.29. The summed E-state index contributed by atoms with van der Waals surface area (Å²) in [6.07, 6.45) is -4.81. The summed E-state index contributed by atoms with van der Waals surface area (Å²) in [5.74, 6) is -0.562. The molecule has 0 unspecified atom stereocenters. The van der Waals surface area contributed by atoms with E-state index in [1.807, 2.05) is 6.07 Å². The molecular weight excluding hydrogens is 395 g/mol. The van der Waals surface area contributed by atoms with Gasteiger partial charge in [0.2, 0.25) is 11.6 Å². The Labute approximate surface area is 171 Å². The number of nitrogens with zero attached hydrogens (tertiary/aromatic N) is 2. The van der Waals surface area contributed by atoms with Crippen LogP contribution in [0.15, 0.2) is 41.2 Å². The molecule has 8 heteroatoms. The number of alkyl halides is 3. The first-order valence-electron chi connectivity index (χ1n) is 9.51. The number of carbonyl (C=O) groups excluding carboxylic acids is 1. The summed E-state index contributed by atoms with van der Waals surface area (Å²) in [4.78, 5) is 29.5. The number of aromatic nitrogens is 2. The Kier molecular flexibility index (Phi) is 5.70. The number of amides is 1. The molecule has 30 heavy (non-hydrogen) atoms. The van der Waals surface area contributed by atoms with Crippen molar-refractivity contribution in [1.82, 2.24) is 9.55 Å². The van der Waals surface area contributed by atoms with Crippen LogP contribution >= 0.6 is 0 Å². The highest BCUT2D eigenvalue weighted by Gasteiger charge is 2.38. The van der Waals surface area contributed by atoms with E-state index in [1.54, 1.807) is 52.0 Å². The summed E-state index contributed by atoms with van der Waals surface area (Å²) in [5, 5.41) is 2.74. The fourth-order valence-corrected chi connectivity index (χ4v) is 3.37. The van der Waals surface area contributed by atoms with Gasteiger partial charge in [-0.2, -0.15) is 13.2 Å². The molecule has 1 aromatic heterocycles. The molecule has 0 saturated heterocycles. The molecule has 0 radical (unpaired) electrons. The van der Waals surface area contributed by atoms with Crippen LogP contribution in [0.4, 0.5) is 18.9 Å². The number of carbonyl (C=O) groups is 1. The van der Waals surface area contributed by atoms with E-state index in [9.17, 15) is 22.8 Å². The number of halogens is 3. The molecular formula is C22H22F3N3O2. The number of rotatable bonds is 4. The minimum atomic E-state index is -4.93. The van der Waals surface area contributed by atoms with Crippen molar-refractivity contribution < 1.29 is 18.0 Å². The van der Waals surface area contributed by atoms with Crippen molar-refractivity contribution in [1.29, 1.82) is 0 Å². The van der Waals surface area contributed by atoms with Gasteiger partial charge < -0.3 is 5.32 Å². The lowest BCUT2D eigenvalue weighted by molar-refractivity contribution is -0.142. The molecule has 1 atom stereocenters. The second-order valence-corrected chi connectivity index (χ2v) is 7.29. The molecule has 0 aliphatic rings. The Hall–Kier alpha value is -3.16. The zero-order valence-corrected chi connectivity index (χ0v) is 17.1. The van der Waals surface area contributed by atoms with Gasteiger partial charge in [0, 0.05) is 5.69 Å². The summed E-state index contributed by atoms with van der Waals surface area (Å²) in [6.45, 7) is 6.99. The van der Waals surface area contributed by atoms with Gasteiger partial charge in [-0.25, -0.2) is 4.98 Å². The van der Waals surface area contributed by atoms with Crippen LogP contribution in [0.2, 0.25) is 0 Å². The monoisotopic (exact) mass is 417 g/mol. The van der Waals surface area contributed by atoms with Crippen LogP contribution in [0.1, 0.15) is 41.8 Å². The lowest BCUT2D eigenvalue weighted by atomic mass is 10.1. The maximum absolute atomic E-state index is 13.5. The predicted molar refractivity (Wildman–Crippen MR) is 110 cm³/mol. The normalized spacial score (nSPS) is 12.8. The molecule has 3 aromatic rings. The summed E-state index contributed by atoms with van der Waals surface area (Å²) >= 11 is 0. The molecule has 1 heterocycles. The van der Waals surface area contributed by atoms with Crippen LogP contribution in [0.25, 0.3) is 11.0 Å². The molecule has 5 nitrogen and oxygen atoms in total. The quantitative estimate of drug-likeness (QED) is 0.655. The molecule has 2 aromatic carbocycles. The third-order valence-corrected chi connectivity index (χ3v) is 5.18. The Morgan fingerprint density at radius 2 is 1.73 bits per heavy atom. The van der Waals surface area contributed by atoms with E-state index < -0.39 is 29.4 Å². The first-order chi connectivity index (χ1) is 14.0. The number of benzene rings is 2. The van der Waals surface area contributed by atoms with Gasteiger partial charge in [0.1, 0.15) is 6.04 Å². The van der Waals surface area contributed by atoms with Gasteiger partial charge in [0.15, 0.2) is 0 Å². The van der Waals surface area contributed by atoms with E-state index >= 15 is 0 Å². The van der Waals surface area contributed by atoms with E-state index in [0.717, 1.165) is 21.3 Å². The van der Waals surface area contributed by atoms with Gasteiger partial charge in [-0.15, -0.1) is 0 Å². The van der Waals surface area contributed by atoms with E-state index in [1.165, 1.54) is 6.07 Å². The van der Waals surface area contributed by atoms with Crippen LogP contribution in [0, 0.1) is 20.8 Å². The zero-order valence-electron chi connectivity index (χ0n) is 17.1. The Balaban J connectivity index is 2.24. The highest BCUT2D eigenvalue weighted by molar-refractivity contribution is 5.95. The predicted octanol–water partition coefficient (Wildman–Crippen LogP) is 4.93. The summed E-state index contributed by atoms with van der Waals surface area (Å²) in [5.41, 5.74) is 0.225. The van der Waals surface area contributed by atoms with Gasteiger partial charge >= 0.3 is 6.18 Å². The van der Waals surface area contributed by atoms with Crippen molar-refractivity contribution in [3.05, 3.63) is 69.1 Å². The number of nitrogens with one attached hydrogen (secondary N) is 1. The highest BCUT2D eigenvalue weighted by atomic mass is 19.4. The maximum atomic E-state index is 13.5. The van der Waals surface area contributed by atoms with Crippen LogP contribution in [-0.4, -0.2) is 15.5 Å². The maximum Gasteiger partial charge on any atom is 0.438 e. The Bertz CT molecular complexity index is 1180. The summed E-state index contributed by atoms with van der Waals surface area (Å²) in [6, 6.07) is 9.02. The number of hydrogen-bond acceptors (Lipinski definition) is 3. The van der Waals surface area contributed by atoms with E-state index in [0.29, 0.717) is 5.69 Å². The molecule has 0 spiro atoms. The average molecular weight is 417 g/mol. The second-order valence-electron chi connectivity index (χ2n) is 7.29. The fourth-order valence-electron chi connectivity index (χ4n) is 3.37. The molecule has 158 valence electrons. The molecule has 0 fully saturated rings. The standard InChI is InChI=1S/C22H22F3N3O2/c1-5-17(20(29)27-15-9-7-6-8-12(15)2)28-18-11-14(4)13(3)10-16(18)26-19(21(28)30)22(23,24)25/h6-11,17H,5H2,1-4H3,(H,27,29)/t17-/m1/s1. The SMILES string of the molecule is CC[C@H](C(=O)Nc1ccccc1C)n1c(=O)c(C(F)(F)F)nc2cc(C)c(C)cc21. The van der Waals surface area contributed by atoms with Gasteiger partial charge in [0.05, 0.1) is 11.0 Å². The summed E-state index contributed by atoms with van der Waals surface area (Å²) in [7, 11) is 0. The zero-order chi connectivity index (χ0) is 22.2. The van der Waals surface area contributed by atoms with Gasteiger partial charge in [-0.1, -0.05) is 25.1 Å². The van der Waals surface area contributed by atoms with Crippen molar-refractivity contribution in [3.63, 3.8) is 0 Å². The molecule has 1 N–H and O–H groups in total. The largest absolute Gasteiger partial charge is 0.438 e. The third kappa shape index (κ3) is 3.94. The number of para-hydroxylation sites is 1. The van der Waals surface area contributed by atoms with E-state index in [-0.39, 0.29) is 17.5 Å². The molecule has 0 aliphatic carbocycles. The fraction of sp³-hybridized carbons (Fsp3) is 0.318. The first-order valence-corrected chi connectivity index (χ1v) is 9.51. The molecule has 0 bridgehead atoms. The summed E-state index contributed by atoms with van der Waals surface area (Å²) < 4.78 is 41.5. The third-order valence-electron chi connectivity index (χ3n) is 5.18. The molecule has 0 aliphatic heterocycles. The van der Waals surface area contributed by atoms with Crippen molar-refractivity contribution in [3.8, 4) is 0 Å². The lowest BCUT2D eigenvalue weighted by Crippen LogP contribution is -2.37. The smallest absolute Gasteiger partial charge is 0.324 e. The van der Waals surface area contributed by atoms with Crippen LogP contribution < -0.4 is 10.9 Å². The lowest BCUT2D eigenvalue weighted by Gasteiger charge is -2.22.